The van der Waals surface area contributed by atoms with E-state index in [-0.39, 0.29) is 17.9 Å². The normalized spacial score (nSPS) is 10.7. The van der Waals surface area contributed by atoms with Gasteiger partial charge >= 0.3 is 0 Å². The van der Waals surface area contributed by atoms with Crippen LogP contribution in [0, 0.1) is 5.82 Å². The van der Waals surface area contributed by atoms with Crippen LogP contribution in [-0.2, 0) is 11.2 Å². The number of halogens is 1. The summed E-state index contributed by atoms with van der Waals surface area (Å²) in [4.78, 5) is 16.1. The number of nitrogens with one attached hydrogen (secondary N) is 1. The van der Waals surface area contributed by atoms with Crippen LogP contribution in [-0.4, -0.2) is 16.0 Å². The topological polar surface area (TPSA) is 62.2 Å². The molecule has 0 saturated heterocycles. The maximum absolute atomic E-state index is 13.6. The molecule has 21 heavy (non-hydrogen) atoms. The largest absolute Gasteiger partial charge is 0.505 e. The lowest BCUT2D eigenvalue weighted by molar-refractivity contribution is -0.115. The van der Waals surface area contributed by atoms with Crippen LogP contribution >= 0.6 is 11.3 Å². The Morgan fingerprint density at radius 1 is 1.33 bits per heavy atom. The van der Waals surface area contributed by atoms with Crippen molar-refractivity contribution in [1.82, 2.24) is 4.98 Å². The molecule has 3 aromatic rings. The van der Waals surface area contributed by atoms with Crippen molar-refractivity contribution in [3.05, 3.63) is 53.3 Å². The summed E-state index contributed by atoms with van der Waals surface area (Å²) in [6.45, 7) is 0. The monoisotopic (exact) mass is 302 g/mol. The first-order valence-electron chi connectivity index (χ1n) is 6.23. The zero-order valence-corrected chi connectivity index (χ0v) is 11.7. The number of hydrogen-bond acceptors (Lipinski definition) is 4. The smallest absolute Gasteiger partial charge is 0.228 e. The first-order chi connectivity index (χ1) is 10.1. The number of thiazole rings is 1. The third-order valence-corrected chi connectivity index (χ3v) is 3.82. The minimum absolute atomic E-state index is 0.138. The molecule has 1 aromatic heterocycles. The molecule has 0 fully saturated rings. The molecule has 0 bridgehead atoms. The van der Waals surface area contributed by atoms with Crippen molar-refractivity contribution in [2.45, 2.75) is 6.42 Å². The van der Waals surface area contributed by atoms with E-state index in [2.05, 4.69) is 10.3 Å². The molecule has 1 heterocycles. The summed E-state index contributed by atoms with van der Waals surface area (Å²) in [6.07, 6.45) is -0.138. The van der Waals surface area contributed by atoms with Crippen LogP contribution in [0.3, 0.4) is 0 Å². The quantitative estimate of drug-likeness (QED) is 0.780. The van der Waals surface area contributed by atoms with Crippen molar-refractivity contribution in [1.29, 1.82) is 0 Å². The van der Waals surface area contributed by atoms with E-state index in [4.69, 9.17) is 0 Å². The van der Waals surface area contributed by atoms with Crippen LogP contribution in [0.15, 0.2) is 41.9 Å². The number of benzene rings is 2. The van der Waals surface area contributed by atoms with Gasteiger partial charge in [-0.2, -0.15) is 0 Å². The van der Waals surface area contributed by atoms with E-state index in [1.54, 1.807) is 11.6 Å². The number of amides is 1. The first kappa shape index (κ1) is 13.5. The molecule has 0 aliphatic heterocycles. The van der Waals surface area contributed by atoms with Gasteiger partial charge in [-0.05, 0) is 24.3 Å². The molecule has 0 saturated carbocycles. The molecule has 0 unspecified atom stereocenters. The SMILES string of the molecule is O=C(Cc1cccc(O)c1F)Nc1ccc2ncsc2c1. The van der Waals surface area contributed by atoms with Gasteiger partial charge in [-0.1, -0.05) is 12.1 Å². The molecule has 6 heteroatoms. The minimum Gasteiger partial charge on any atom is -0.505 e. The second-order valence-corrected chi connectivity index (χ2v) is 5.40. The Morgan fingerprint density at radius 3 is 3.05 bits per heavy atom. The van der Waals surface area contributed by atoms with E-state index in [1.165, 1.54) is 29.5 Å². The molecule has 1 amide bonds. The van der Waals surface area contributed by atoms with Gasteiger partial charge < -0.3 is 10.4 Å². The number of fused-ring (bicyclic) bond motifs is 1. The van der Waals surface area contributed by atoms with Gasteiger partial charge in [0.25, 0.3) is 0 Å². The highest BCUT2D eigenvalue weighted by Gasteiger charge is 2.11. The summed E-state index contributed by atoms with van der Waals surface area (Å²) in [6, 6.07) is 9.61. The highest BCUT2D eigenvalue weighted by molar-refractivity contribution is 7.16. The van der Waals surface area contributed by atoms with Gasteiger partial charge in [-0.15, -0.1) is 11.3 Å². The summed E-state index contributed by atoms with van der Waals surface area (Å²) < 4.78 is 14.6. The Labute approximate surface area is 123 Å². The molecule has 106 valence electrons. The van der Waals surface area contributed by atoms with Gasteiger partial charge in [0, 0.05) is 11.3 Å². The van der Waals surface area contributed by atoms with Crippen molar-refractivity contribution < 1.29 is 14.3 Å². The highest BCUT2D eigenvalue weighted by atomic mass is 32.1. The van der Waals surface area contributed by atoms with Crippen LogP contribution in [0.4, 0.5) is 10.1 Å². The maximum Gasteiger partial charge on any atom is 0.228 e. The summed E-state index contributed by atoms with van der Waals surface area (Å²) >= 11 is 1.48. The Balaban J connectivity index is 1.75. The minimum atomic E-state index is -0.759. The predicted molar refractivity (Wildman–Crippen MR) is 80.0 cm³/mol. The zero-order valence-electron chi connectivity index (χ0n) is 10.8. The third kappa shape index (κ3) is 2.85. The van der Waals surface area contributed by atoms with E-state index < -0.39 is 11.6 Å². The second-order valence-electron chi connectivity index (χ2n) is 4.51. The number of phenolic OH excluding ortho intramolecular Hbond substituents is 1. The second kappa shape index (κ2) is 5.49. The highest BCUT2D eigenvalue weighted by Crippen LogP contribution is 2.23. The molecule has 4 nitrogen and oxygen atoms in total. The number of carbonyl (C=O) groups excluding carboxylic acids is 1. The lowest BCUT2D eigenvalue weighted by Gasteiger charge is -2.07. The lowest BCUT2D eigenvalue weighted by atomic mass is 10.1. The van der Waals surface area contributed by atoms with Crippen LogP contribution in [0.1, 0.15) is 5.56 Å². The zero-order chi connectivity index (χ0) is 14.8. The van der Waals surface area contributed by atoms with Gasteiger partial charge in [0.2, 0.25) is 5.91 Å². The Bertz CT molecular complexity index is 816. The molecule has 0 atom stereocenters. The standard InChI is InChI=1S/C15H11FN2O2S/c16-15-9(2-1-3-12(15)19)6-14(20)18-10-4-5-11-13(7-10)21-8-17-11/h1-5,7-8,19H,6H2,(H,18,20). The number of aromatic nitrogens is 1. The lowest BCUT2D eigenvalue weighted by Crippen LogP contribution is -2.15. The summed E-state index contributed by atoms with van der Waals surface area (Å²) in [5.74, 6) is -1.56. The molecule has 0 radical (unpaired) electrons. The average Bonchev–Trinajstić information content (AvgIpc) is 2.91. The molecule has 0 spiro atoms. The van der Waals surface area contributed by atoms with Crippen molar-refractivity contribution in [2.75, 3.05) is 5.32 Å². The van der Waals surface area contributed by atoms with Gasteiger partial charge in [0.15, 0.2) is 11.6 Å². The number of aromatic hydroxyl groups is 1. The fraction of sp³-hybridized carbons (Fsp3) is 0.0667. The molecule has 2 aromatic carbocycles. The molecule has 2 N–H and O–H groups in total. The summed E-state index contributed by atoms with van der Waals surface area (Å²) in [5, 5.41) is 12.0. The van der Waals surface area contributed by atoms with Crippen molar-refractivity contribution in [3.63, 3.8) is 0 Å². The number of anilines is 1. The Morgan fingerprint density at radius 2 is 2.19 bits per heavy atom. The number of carbonyl (C=O) groups is 1. The average molecular weight is 302 g/mol. The van der Waals surface area contributed by atoms with E-state index in [1.807, 2.05) is 12.1 Å². The molecular formula is C15H11FN2O2S. The third-order valence-electron chi connectivity index (χ3n) is 3.02. The van der Waals surface area contributed by atoms with Gasteiger partial charge in [0.1, 0.15) is 0 Å². The van der Waals surface area contributed by atoms with Crippen molar-refractivity contribution in [3.8, 4) is 5.75 Å². The number of phenols is 1. The van der Waals surface area contributed by atoms with Crippen LogP contribution in [0.5, 0.6) is 5.75 Å². The predicted octanol–water partition coefficient (Wildman–Crippen LogP) is 3.32. The van der Waals surface area contributed by atoms with Crippen molar-refractivity contribution >= 4 is 33.1 Å². The maximum atomic E-state index is 13.6. The molecule has 0 aliphatic rings. The van der Waals surface area contributed by atoms with E-state index >= 15 is 0 Å². The number of hydrogen-bond donors (Lipinski definition) is 2. The summed E-state index contributed by atoms with van der Waals surface area (Å²) in [5.41, 5.74) is 3.40. The Kier molecular flexibility index (Phi) is 3.53. The fourth-order valence-electron chi connectivity index (χ4n) is 2.01. The van der Waals surface area contributed by atoms with Crippen molar-refractivity contribution in [2.24, 2.45) is 0 Å². The van der Waals surface area contributed by atoms with E-state index in [0.29, 0.717) is 5.69 Å². The van der Waals surface area contributed by atoms with Crippen LogP contribution in [0.2, 0.25) is 0 Å². The van der Waals surface area contributed by atoms with Gasteiger partial charge in [-0.3, -0.25) is 4.79 Å². The molecule has 0 aliphatic carbocycles. The van der Waals surface area contributed by atoms with E-state index in [0.717, 1.165) is 10.2 Å². The molecule has 3 rings (SSSR count). The van der Waals surface area contributed by atoms with Gasteiger partial charge in [0.05, 0.1) is 22.1 Å². The number of nitrogens with zero attached hydrogens (tertiary/aromatic N) is 1. The van der Waals surface area contributed by atoms with E-state index in [9.17, 15) is 14.3 Å². The summed E-state index contributed by atoms with van der Waals surface area (Å²) in [7, 11) is 0. The number of rotatable bonds is 3. The van der Waals surface area contributed by atoms with Crippen LogP contribution < -0.4 is 5.32 Å². The molecular weight excluding hydrogens is 291 g/mol. The Hall–Kier alpha value is -2.47. The van der Waals surface area contributed by atoms with Crippen LogP contribution in [0.25, 0.3) is 10.2 Å². The van der Waals surface area contributed by atoms with Gasteiger partial charge in [-0.25, -0.2) is 9.37 Å². The first-order valence-corrected chi connectivity index (χ1v) is 7.11. The fourth-order valence-corrected chi connectivity index (χ4v) is 2.73.